The number of nitrogens with zero attached hydrogens (tertiary/aromatic N) is 1. The molecule has 0 radical (unpaired) electrons. The lowest BCUT2D eigenvalue weighted by Crippen LogP contribution is -2.07. The summed E-state index contributed by atoms with van der Waals surface area (Å²) in [6.07, 6.45) is 5.22. The normalized spacial score (nSPS) is 11.1. The third-order valence-corrected chi connectivity index (χ3v) is 2.56. The highest BCUT2D eigenvalue weighted by Gasteiger charge is 2.10. The van der Waals surface area contributed by atoms with E-state index in [0.717, 1.165) is 17.7 Å². The Morgan fingerprint density at radius 2 is 2.41 bits per heavy atom. The lowest BCUT2D eigenvalue weighted by Gasteiger charge is -2.09. The van der Waals surface area contributed by atoms with Crippen LogP contribution >= 0.6 is 11.6 Å². The van der Waals surface area contributed by atoms with Crippen LogP contribution in [-0.2, 0) is 6.42 Å². The molecule has 5 heteroatoms. The Balaban J connectivity index is 2.96. The zero-order valence-corrected chi connectivity index (χ0v) is 10.7. The van der Waals surface area contributed by atoms with Crippen LogP contribution in [0.1, 0.15) is 12.5 Å². The molecule has 0 amide bonds. The van der Waals surface area contributed by atoms with E-state index in [-0.39, 0.29) is 0 Å². The number of aromatic nitrogens is 1. The average molecular weight is 254 g/mol. The quantitative estimate of drug-likeness (QED) is 0.605. The number of methoxy groups -OCH3 is 1. The van der Waals surface area contributed by atoms with Gasteiger partial charge in [-0.3, -0.25) is 0 Å². The fourth-order valence-electron chi connectivity index (χ4n) is 1.38. The topological polar surface area (TPSA) is 58.0 Å². The van der Waals surface area contributed by atoms with E-state index in [1.807, 2.05) is 6.92 Å². The van der Waals surface area contributed by atoms with Gasteiger partial charge in [-0.05, 0) is 18.6 Å². The van der Waals surface area contributed by atoms with E-state index in [9.17, 15) is 0 Å². The summed E-state index contributed by atoms with van der Waals surface area (Å²) in [7, 11) is 1.59. The van der Waals surface area contributed by atoms with Crippen LogP contribution in [-0.4, -0.2) is 24.9 Å². The molecule has 0 fully saturated rings. The monoisotopic (exact) mass is 253 g/mol. The zero-order chi connectivity index (χ0) is 12.7. The molecule has 0 saturated heterocycles. The highest BCUT2D eigenvalue weighted by Crippen LogP contribution is 2.26. The fourth-order valence-corrected chi connectivity index (χ4v) is 1.60. The van der Waals surface area contributed by atoms with Gasteiger partial charge in [0.1, 0.15) is 10.9 Å². The van der Waals surface area contributed by atoms with Crippen molar-refractivity contribution in [3.63, 3.8) is 0 Å². The Hall–Kier alpha value is -1.55. The van der Waals surface area contributed by atoms with Crippen molar-refractivity contribution >= 4 is 17.8 Å². The van der Waals surface area contributed by atoms with Crippen LogP contribution in [0.5, 0.6) is 5.75 Å². The van der Waals surface area contributed by atoms with Crippen molar-refractivity contribution in [2.45, 2.75) is 13.3 Å². The van der Waals surface area contributed by atoms with Crippen molar-refractivity contribution in [1.82, 2.24) is 10.3 Å². The Morgan fingerprint density at radius 1 is 1.65 bits per heavy atom. The number of hydrogen-bond acceptors (Lipinski definition) is 4. The smallest absolute Gasteiger partial charge is 0.136 e. The Kier molecular flexibility index (Phi) is 5.49. The van der Waals surface area contributed by atoms with E-state index in [4.69, 9.17) is 21.7 Å². The average Bonchev–Trinajstić information content (AvgIpc) is 2.36. The first-order valence-electron chi connectivity index (χ1n) is 5.33. The number of rotatable bonds is 6. The van der Waals surface area contributed by atoms with Gasteiger partial charge in [0.15, 0.2) is 0 Å². The first-order valence-corrected chi connectivity index (χ1v) is 5.71. The molecule has 1 rings (SSSR count). The maximum atomic E-state index is 7.35. The van der Waals surface area contributed by atoms with Gasteiger partial charge in [-0.2, -0.15) is 0 Å². The molecular weight excluding hydrogens is 238 g/mol. The molecule has 0 aliphatic carbocycles. The van der Waals surface area contributed by atoms with Gasteiger partial charge in [0.05, 0.1) is 7.11 Å². The van der Waals surface area contributed by atoms with E-state index in [0.29, 0.717) is 17.3 Å². The van der Waals surface area contributed by atoms with Gasteiger partial charge in [-0.25, -0.2) is 4.98 Å². The molecule has 1 aromatic heterocycles. The predicted molar refractivity (Wildman–Crippen MR) is 70.0 cm³/mol. The van der Waals surface area contributed by atoms with Crippen LogP contribution in [0, 0.1) is 5.41 Å². The van der Waals surface area contributed by atoms with Gasteiger partial charge in [0.25, 0.3) is 0 Å². The lowest BCUT2D eigenvalue weighted by atomic mass is 10.1. The molecular formula is C12H16ClN3O. The number of hydrogen-bond donors (Lipinski definition) is 2. The van der Waals surface area contributed by atoms with E-state index in [2.05, 4.69) is 10.3 Å². The molecule has 0 aliphatic rings. The van der Waals surface area contributed by atoms with Crippen molar-refractivity contribution < 1.29 is 4.74 Å². The van der Waals surface area contributed by atoms with Crippen LogP contribution in [0.25, 0.3) is 0 Å². The van der Waals surface area contributed by atoms with Crippen molar-refractivity contribution in [1.29, 1.82) is 5.41 Å². The second-order valence-corrected chi connectivity index (χ2v) is 3.74. The standard InChI is InChI=1S/C12H16ClN3O/c1-3-15-8-9(7-14)6-10-11(17-2)4-5-16-12(10)13/h4-5,7-8,14-15H,3,6H2,1-2H3/b9-8-,14-7?. The Labute approximate surface area is 106 Å². The van der Waals surface area contributed by atoms with Crippen molar-refractivity contribution in [3.8, 4) is 5.75 Å². The molecule has 0 unspecified atom stereocenters. The number of ether oxygens (including phenoxy) is 1. The van der Waals surface area contributed by atoms with E-state index < -0.39 is 0 Å². The maximum absolute atomic E-state index is 7.35. The predicted octanol–water partition coefficient (Wildman–Crippen LogP) is 2.43. The summed E-state index contributed by atoms with van der Waals surface area (Å²) in [5.74, 6) is 0.689. The summed E-state index contributed by atoms with van der Waals surface area (Å²) in [6, 6.07) is 1.76. The van der Waals surface area contributed by atoms with Crippen LogP contribution in [0.3, 0.4) is 0 Å². The molecule has 0 spiro atoms. The number of halogens is 1. The van der Waals surface area contributed by atoms with Crippen molar-refractivity contribution in [2.75, 3.05) is 13.7 Å². The lowest BCUT2D eigenvalue weighted by molar-refractivity contribution is 0.410. The van der Waals surface area contributed by atoms with E-state index >= 15 is 0 Å². The second-order valence-electron chi connectivity index (χ2n) is 3.38. The molecule has 1 aromatic rings. The first-order chi connectivity index (χ1) is 8.22. The number of pyridine rings is 1. The third-order valence-electron chi connectivity index (χ3n) is 2.24. The molecule has 2 N–H and O–H groups in total. The fraction of sp³-hybridized carbons (Fsp3) is 0.333. The molecule has 0 bridgehead atoms. The second kappa shape index (κ2) is 6.91. The van der Waals surface area contributed by atoms with Gasteiger partial charge in [0, 0.05) is 37.1 Å². The van der Waals surface area contributed by atoms with Crippen molar-refractivity contribution in [3.05, 3.63) is 34.8 Å². The molecule has 0 aliphatic heterocycles. The summed E-state index contributed by atoms with van der Waals surface area (Å²) in [5, 5.41) is 10.8. The zero-order valence-electron chi connectivity index (χ0n) is 9.96. The summed E-state index contributed by atoms with van der Waals surface area (Å²) in [6.45, 7) is 2.81. The van der Waals surface area contributed by atoms with Crippen LogP contribution in [0.2, 0.25) is 5.15 Å². The largest absolute Gasteiger partial charge is 0.496 e. The minimum absolute atomic E-state index is 0.411. The maximum Gasteiger partial charge on any atom is 0.136 e. The summed E-state index contributed by atoms with van der Waals surface area (Å²) < 4.78 is 5.23. The van der Waals surface area contributed by atoms with Gasteiger partial charge in [0.2, 0.25) is 0 Å². The van der Waals surface area contributed by atoms with Crippen LogP contribution in [0.15, 0.2) is 24.0 Å². The molecule has 0 saturated carbocycles. The van der Waals surface area contributed by atoms with Gasteiger partial charge >= 0.3 is 0 Å². The van der Waals surface area contributed by atoms with E-state index in [1.165, 1.54) is 6.21 Å². The SMILES string of the molecule is CCN/C=C(\C=N)Cc1c(OC)ccnc1Cl. The van der Waals surface area contributed by atoms with E-state index in [1.54, 1.807) is 25.6 Å². The Bertz CT molecular complexity index is 418. The van der Waals surface area contributed by atoms with Gasteiger partial charge in [-0.15, -0.1) is 0 Å². The number of nitrogens with one attached hydrogen (secondary N) is 2. The Morgan fingerprint density at radius 3 is 3.00 bits per heavy atom. The summed E-state index contributed by atoms with van der Waals surface area (Å²) >= 11 is 6.03. The van der Waals surface area contributed by atoms with Gasteiger partial charge < -0.3 is 15.5 Å². The van der Waals surface area contributed by atoms with Crippen LogP contribution in [0.4, 0.5) is 0 Å². The van der Waals surface area contributed by atoms with Crippen LogP contribution < -0.4 is 10.1 Å². The molecule has 1 heterocycles. The highest BCUT2D eigenvalue weighted by atomic mass is 35.5. The third kappa shape index (κ3) is 3.75. The molecule has 92 valence electrons. The molecule has 17 heavy (non-hydrogen) atoms. The molecule has 4 nitrogen and oxygen atoms in total. The highest BCUT2D eigenvalue weighted by molar-refractivity contribution is 6.30. The first kappa shape index (κ1) is 13.5. The number of allylic oxidation sites excluding steroid dienone is 1. The van der Waals surface area contributed by atoms with Gasteiger partial charge in [-0.1, -0.05) is 11.6 Å². The minimum atomic E-state index is 0.411. The van der Waals surface area contributed by atoms with Crippen molar-refractivity contribution in [2.24, 2.45) is 0 Å². The summed E-state index contributed by atoms with van der Waals surface area (Å²) in [4.78, 5) is 4.02. The minimum Gasteiger partial charge on any atom is -0.496 e. The summed E-state index contributed by atoms with van der Waals surface area (Å²) in [5.41, 5.74) is 1.62. The molecule has 0 atom stereocenters. The molecule has 0 aromatic carbocycles.